The van der Waals surface area contributed by atoms with Gasteiger partial charge in [0.05, 0.1) is 13.7 Å². The summed E-state index contributed by atoms with van der Waals surface area (Å²) < 4.78 is 5.01. The highest BCUT2D eigenvalue weighted by molar-refractivity contribution is 6.04. The van der Waals surface area contributed by atoms with E-state index in [0.29, 0.717) is 16.9 Å². The molecule has 0 saturated heterocycles. The number of ether oxygens (including phenoxy) is 1. The van der Waals surface area contributed by atoms with Crippen LogP contribution in [0.2, 0.25) is 0 Å². The number of hydrogen-bond acceptors (Lipinski definition) is 5. The summed E-state index contributed by atoms with van der Waals surface area (Å²) in [6.45, 7) is -0.274. The van der Waals surface area contributed by atoms with Crippen LogP contribution in [0.3, 0.4) is 0 Å². The standard InChI is InChI=1S/C19H18O5/c1-24-19-11-14(5-9-18(19)23)3-7-16(21)6-2-13-4-8-17(22)15(10-13)12-20/h2-11,20,22-23H,12H2,1H3. The topological polar surface area (TPSA) is 87.0 Å². The molecule has 5 heteroatoms. The van der Waals surface area contributed by atoms with Crippen molar-refractivity contribution in [1.82, 2.24) is 0 Å². The molecule has 24 heavy (non-hydrogen) atoms. The number of aliphatic hydroxyl groups excluding tert-OH is 1. The Bertz CT molecular complexity index is 725. The minimum Gasteiger partial charge on any atom is -0.508 e. The van der Waals surface area contributed by atoms with E-state index in [1.165, 1.54) is 31.4 Å². The number of carbonyl (C=O) groups is 1. The predicted molar refractivity (Wildman–Crippen MR) is 91.8 cm³/mol. The quantitative estimate of drug-likeness (QED) is 0.711. The van der Waals surface area contributed by atoms with Gasteiger partial charge in [-0.25, -0.2) is 0 Å². The van der Waals surface area contributed by atoms with E-state index in [2.05, 4.69) is 0 Å². The normalized spacial score (nSPS) is 11.2. The molecule has 0 spiro atoms. The van der Waals surface area contributed by atoms with Gasteiger partial charge in [-0.1, -0.05) is 24.3 Å². The highest BCUT2D eigenvalue weighted by atomic mass is 16.5. The van der Waals surface area contributed by atoms with Crippen molar-refractivity contribution in [2.45, 2.75) is 6.61 Å². The van der Waals surface area contributed by atoms with Crippen LogP contribution in [-0.2, 0) is 11.4 Å². The Morgan fingerprint density at radius 1 is 1.00 bits per heavy atom. The molecule has 2 rings (SSSR count). The zero-order valence-electron chi connectivity index (χ0n) is 13.1. The molecule has 0 heterocycles. The summed E-state index contributed by atoms with van der Waals surface area (Å²) in [4.78, 5) is 11.9. The van der Waals surface area contributed by atoms with E-state index in [1.54, 1.807) is 36.4 Å². The Morgan fingerprint density at radius 3 is 2.17 bits per heavy atom. The van der Waals surface area contributed by atoms with E-state index in [-0.39, 0.29) is 23.9 Å². The smallest absolute Gasteiger partial charge is 0.178 e. The molecule has 2 aromatic carbocycles. The van der Waals surface area contributed by atoms with Crippen molar-refractivity contribution >= 4 is 17.9 Å². The first-order valence-corrected chi connectivity index (χ1v) is 7.23. The lowest BCUT2D eigenvalue weighted by Crippen LogP contribution is -1.88. The van der Waals surface area contributed by atoms with Crippen molar-refractivity contribution < 1.29 is 24.9 Å². The van der Waals surface area contributed by atoms with Gasteiger partial charge in [0.25, 0.3) is 0 Å². The first-order valence-electron chi connectivity index (χ1n) is 7.23. The monoisotopic (exact) mass is 326 g/mol. The zero-order valence-corrected chi connectivity index (χ0v) is 13.1. The minimum atomic E-state index is -0.274. The molecule has 0 fully saturated rings. The second-order valence-electron chi connectivity index (χ2n) is 5.05. The number of allylic oxidation sites excluding steroid dienone is 2. The number of rotatable bonds is 6. The zero-order chi connectivity index (χ0) is 17.5. The van der Waals surface area contributed by atoms with Crippen molar-refractivity contribution in [3.63, 3.8) is 0 Å². The van der Waals surface area contributed by atoms with Crippen LogP contribution in [-0.4, -0.2) is 28.2 Å². The Morgan fingerprint density at radius 2 is 1.58 bits per heavy atom. The molecule has 124 valence electrons. The first-order chi connectivity index (χ1) is 11.5. The van der Waals surface area contributed by atoms with Gasteiger partial charge in [-0.05, 0) is 47.5 Å². The number of methoxy groups -OCH3 is 1. The van der Waals surface area contributed by atoms with E-state index in [0.717, 1.165) is 5.56 Å². The van der Waals surface area contributed by atoms with Crippen LogP contribution in [0.15, 0.2) is 48.6 Å². The summed E-state index contributed by atoms with van der Waals surface area (Å²) >= 11 is 0. The van der Waals surface area contributed by atoms with E-state index in [1.807, 2.05) is 0 Å². The van der Waals surface area contributed by atoms with Crippen molar-refractivity contribution in [2.75, 3.05) is 7.11 Å². The molecule has 0 amide bonds. The summed E-state index contributed by atoms with van der Waals surface area (Å²) in [7, 11) is 1.45. The third kappa shape index (κ3) is 4.47. The lowest BCUT2D eigenvalue weighted by atomic mass is 10.1. The van der Waals surface area contributed by atoms with Crippen molar-refractivity contribution in [1.29, 1.82) is 0 Å². The fourth-order valence-electron chi connectivity index (χ4n) is 2.05. The molecule has 0 aliphatic rings. The Kier molecular flexibility index (Phi) is 5.76. The van der Waals surface area contributed by atoms with Gasteiger partial charge in [0.1, 0.15) is 5.75 Å². The molecular weight excluding hydrogens is 308 g/mol. The van der Waals surface area contributed by atoms with E-state index in [9.17, 15) is 15.0 Å². The van der Waals surface area contributed by atoms with Gasteiger partial charge in [-0.2, -0.15) is 0 Å². The second-order valence-corrected chi connectivity index (χ2v) is 5.05. The summed E-state index contributed by atoms with van der Waals surface area (Å²) in [6.07, 6.45) is 6.00. The molecule has 3 N–H and O–H groups in total. The van der Waals surface area contributed by atoms with Crippen LogP contribution in [0, 0.1) is 0 Å². The third-order valence-electron chi connectivity index (χ3n) is 3.36. The van der Waals surface area contributed by atoms with Gasteiger partial charge >= 0.3 is 0 Å². The van der Waals surface area contributed by atoms with Gasteiger partial charge in [-0.3, -0.25) is 4.79 Å². The molecule has 0 radical (unpaired) electrons. The molecule has 0 saturated carbocycles. The fraction of sp³-hybridized carbons (Fsp3) is 0.105. The lowest BCUT2D eigenvalue weighted by Gasteiger charge is -2.03. The van der Waals surface area contributed by atoms with Gasteiger partial charge < -0.3 is 20.1 Å². The summed E-state index contributed by atoms with van der Waals surface area (Å²) in [6, 6.07) is 9.50. The van der Waals surface area contributed by atoms with Crippen molar-refractivity contribution in [2.24, 2.45) is 0 Å². The molecule has 0 aliphatic carbocycles. The third-order valence-corrected chi connectivity index (χ3v) is 3.36. The number of carbonyl (C=O) groups excluding carboxylic acids is 1. The maximum absolute atomic E-state index is 11.9. The largest absolute Gasteiger partial charge is 0.508 e. The van der Waals surface area contributed by atoms with Crippen LogP contribution in [0.5, 0.6) is 17.2 Å². The van der Waals surface area contributed by atoms with Gasteiger partial charge in [0, 0.05) is 5.56 Å². The molecular formula is C19H18O5. The molecule has 0 bridgehead atoms. The lowest BCUT2D eigenvalue weighted by molar-refractivity contribution is -0.110. The first kappa shape index (κ1) is 17.3. The Labute approximate surface area is 139 Å². The van der Waals surface area contributed by atoms with E-state index < -0.39 is 0 Å². The van der Waals surface area contributed by atoms with Gasteiger partial charge in [0.15, 0.2) is 17.3 Å². The SMILES string of the molecule is COc1cc(C=CC(=O)C=Cc2ccc(O)c(CO)c2)ccc1O. The number of phenols is 2. The molecule has 2 aromatic rings. The van der Waals surface area contributed by atoms with Crippen LogP contribution >= 0.6 is 0 Å². The molecule has 0 aliphatic heterocycles. The van der Waals surface area contributed by atoms with Crippen LogP contribution < -0.4 is 4.74 Å². The average Bonchev–Trinajstić information content (AvgIpc) is 2.60. The molecule has 0 atom stereocenters. The summed E-state index contributed by atoms with van der Waals surface area (Å²) in [5.74, 6) is 0.163. The summed E-state index contributed by atoms with van der Waals surface area (Å²) in [5, 5.41) is 28.1. The number of phenolic OH excluding ortho intramolecular Hbond substituents is 1. The van der Waals surface area contributed by atoms with Crippen LogP contribution in [0.25, 0.3) is 12.2 Å². The predicted octanol–water partition coefficient (Wildman–Crippen LogP) is 2.89. The number of ketones is 1. The number of aromatic hydroxyl groups is 2. The fourth-order valence-corrected chi connectivity index (χ4v) is 2.05. The maximum atomic E-state index is 11.9. The second kappa shape index (κ2) is 7.99. The van der Waals surface area contributed by atoms with Gasteiger partial charge in [-0.15, -0.1) is 0 Å². The summed E-state index contributed by atoms with van der Waals surface area (Å²) in [5.41, 5.74) is 1.82. The maximum Gasteiger partial charge on any atom is 0.178 e. The van der Waals surface area contributed by atoms with Gasteiger partial charge in [0.2, 0.25) is 0 Å². The van der Waals surface area contributed by atoms with Crippen LogP contribution in [0.1, 0.15) is 16.7 Å². The average molecular weight is 326 g/mol. The minimum absolute atomic E-state index is 0.0159. The molecule has 5 nitrogen and oxygen atoms in total. The Balaban J connectivity index is 2.07. The highest BCUT2D eigenvalue weighted by Gasteiger charge is 2.01. The number of hydrogen-bond donors (Lipinski definition) is 3. The van der Waals surface area contributed by atoms with Crippen molar-refractivity contribution in [3.8, 4) is 17.2 Å². The van der Waals surface area contributed by atoms with Crippen LogP contribution in [0.4, 0.5) is 0 Å². The van der Waals surface area contributed by atoms with Crippen molar-refractivity contribution in [3.05, 3.63) is 65.2 Å². The number of benzene rings is 2. The highest BCUT2D eigenvalue weighted by Crippen LogP contribution is 2.26. The molecule has 0 unspecified atom stereocenters. The number of aliphatic hydroxyl groups is 1. The van der Waals surface area contributed by atoms with E-state index in [4.69, 9.17) is 9.84 Å². The molecule has 0 aromatic heterocycles. The van der Waals surface area contributed by atoms with E-state index >= 15 is 0 Å². The Hall–Kier alpha value is -3.05.